The molecule has 0 amide bonds. The zero-order chi connectivity index (χ0) is 19.2. The van der Waals surface area contributed by atoms with Crippen molar-refractivity contribution in [3.63, 3.8) is 0 Å². The molecule has 0 spiro atoms. The van der Waals surface area contributed by atoms with Crippen molar-refractivity contribution in [2.45, 2.75) is 39.2 Å². The van der Waals surface area contributed by atoms with E-state index in [1.54, 1.807) is 0 Å². The largest absolute Gasteiger partial charge is 0.493 e. The van der Waals surface area contributed by atoms with Crippen LogP contribution in [0.3, 0.4) is 0 Å². The van der Waals surface area contributed by atoms with E-state index in [1.807, 2.05) is 24.3 Å². The maximum Gasteiger partial charge on any atom is 0.137 e. The zero-order valence-electron chi connectivity index (χ0n) is 15.4. The van der Waals surface area contributed by atoms with Gasteiger partial charge < -0.3 is 9.47 Å². The Hall–Kier alpha value is -0.900. The number of hydrogen-bond acceptors (Lipinski definition) is 2. The molecule has 0 fully saturated rings. The molecule has 0 unspecified atom stereocenters. The Kier molecular flexibility index (Phi) is 12.6. The molecule has 0 N–H and O–H groups in total. The molecule has 0 aliphatic heterocycles. The zero-order valence-corrected chi connectivity index (χ0v) is 18.5. The van der Waals surface area contributed by atoms with E-state index in [4.69, 9.17) is 21.1 Å². The van der Waals surface area contributed by atoms with Gasteiger partial charge in [-0.1, -0.05) is 37.3 Å². The minimum absolute atomic E-state index is 0.542. The molecule has 0 radical (unpaired) electrons. The van der Waals surface area contributed by atoms with Gasteiger partial charge in [0.05, 0.1) is 11.1 Å². The monoisotopic (exact) mass is 460 g/mol. The summed E-state index contributed by atoms with van der Waals surface area (Å²) in [6.45, 7) is 3.39. The smallest absolute Gasteiger partial charge is 0.137 e. The lowest BCUT2D eigenvalue weighted by atomic mass is 10.1. The van der Waals surface area contributed by atoms with Crippen molar-refractivity contribution in [1.82, 2.24) is 0 Å². The van der Waals surface area contributed by atoms with Crippen molar-refractivity contribution < 1.29 is 9.47 Å². The van der Waals surface area contributed by atoms with Crippen molar-refractivity contribution >= 4 is 39.1 Å². The van der Waals surface area contributed by atoms with Crippen LogP contribution in [0.15, 0.2) is 46.9 Å². The van der Waals surface area contributed by atoms with E-state index < -0.39 is 0 Å². The molecule has 0 bridgehead atoms. The summed E-state index contributed by atoms with van der Waals surface area (Å²) in [5.41, 5.74) is 2.33. The van der Waals surface area contributed by atoms with Crippen LogP contribution >= 0.6 is 39.1 Å². The summed E-state index contributed by atoms with van der Waals surface area (Å²) < 4.78 is 12.9. The highest BCUT2D eigenvalue weighted by molar-refractivity contribution is 9.10. The maximum atomic E-state index is 5.98. The second kappa shape index (κ2) is 14.2. The van der Waals surface area contributed by atoms with Crippen LogP contribution in [0.25, 0.3) is 0 Å². The van der Waals surface area contributed by atoms with Crippen LogP contribution < -0.4 is 9.47 Å². The molecule has 2 aromatic carbocycles. The van der Waals surface area contributed by atoms with Crippen LogP contribution in [0.2, 0.25) is 0 Å². The average Bonchev–Trinajstić information content (AvgIpc) is 2.69. The quantitative estimate of drug-likeness (QED) is 0.274. The Morgan fingerprint density at radius 1 is 0.923 bits per heavy atom. The third kappa shape index (κ3) is 8.20. The summed E-state index contributed by atoms with van der Waals surface area (Å²) >= 11 is 13.9. The number of rotatable bonds is 10. The predicted octanol–water partition coefficient (Wildman–Crippen LogP) is 7.23. The summed E-state index contributed by atoms with van der Waals surface area (Å²) in [5, 5.41) is 0. The number of hydrogen-bond donors (Lipinski definition) is 0. The fraction of sp³-hybridized carbons (Fsp3) is 0.429. The second-order valence-electron chi connectivity index (χ2n) is 5.62. The van der Waals surface area contributed by atoms with Gasteiger partial charge in [0.2, 0.25) is 0 Å². The highest BCUT2D eigenvalue weighted by Gasteiger charge is 2.10. The van der Waals surface area contributed by atoms with E-state index in [0.717, 1.165) is 53.1 Å². The highest BCUT2D eigenvalue weighted by atomic mass is 79.9. The molecule has 26 heavy (non-hydrogen) atoms. The normalized spacial score (nSPS) is 10.0. The van der Waals surface area contributed by atoms with Crippen LogP contribution in [0.4, 0.5) is 0 Å². The molecule has 144 valence electrons. The first-order valence-electron chi connectivity index (χ1n) is 8.80. The molecule has 0 aliphatic rings. The van der Waals surface area contributed by atoms with E-state index in [0.29, 0.717) is 13.2 Å². The molecule has 2 nitrogen and oxygen atoms in total. The number of benzene rings is 2. The molecule has 0 aromatic heterocycles. The van der Waals surface area contributed by atoms with Crippen molar-refractivity contribution in [3.8, 4) is 11.5 Å². The van der Waals surface area contributed by atoms with E-state index in [-0.39, 0.29) is 0 Å². The first-order valence-corrected chi connectivity index (χ1v) is 10.9. The standard InChI is InChI=1S/C20H24BrClO2.CH3Cl/c1-2-17-13-18(21)20(24-15-16-9-5-3-6-10-16)14-19(17)23-12-8-4-7-11-22;1-2/h3,5-6,9-10,13-14H,2,4,7-8,11-12,15H2,1H3;1H3. The molecular weight excluding hydrogens is 435 g/mol. The van der Waals surface area contributed by atoms with Gasteiger partial charge in [0, 0.05) is 18.3 Å². The summed E-state index contributed by atoms with van der Waals surface area (Å²) in [6, 6.07) is 14.2. The Bertz CT molecular complexity index is 621. The van der Waals surface area contributed by atoms with E-state index in [2.05, 4.69) is 52.7 Å². The minimum atomic E-state index is 0.542. The lowest BCUT2D eigenvalue weighted by molar-refractivity contribution is 0.287. The van der Waals surface area contributed by atoms with Crippen LogP contribution in [-0.4, -0.2) is 18.9 Å². The molecule has 0 aliphatic carbocycles. The lowest BCUT2D eigenvalue weighted by Gasteiger charge is -2.15. The van der Waals surface area contributed by atoms with Crippen LogP contribution in [-0.2, 0) is 13.0 Å². The molecule has 5 heteroatoms. The third-order valence-electron chi connectivity index (χ3n) is 3.77. The number of unbranched alkanes of at least 4 members (excludes halogenated alkanes) is 2. The Morgan fingerprint density at radius 3 is 2.31 bits per heavy atom. The van der Waals surface area contributed by atoms with E-state index in [1.165, 1.54) is 11.9 Å². The lowest BCUT2D eigenvalue weighted by Crippen LogP contribution is -2.02. The molecular formula is C21H27BrCl2O2. The average molecular weight is 462 g/mol. The van der Waals surface area contributed by atoms with Gasteiger partial charge >= 0.3 is 0 Å². The SMILES string of the molecule is CCc1cc(Br)c(OCc2ccccc2)cc1OCCCCCCl.CCl. The second-order valence-corrected chi connectivity index (χ2v) is 6.85. The third-order valence-corrected chi connectivity index (χ3v) is 4.66. The first kappa shape index (κ1) is 23.1. The minimum Gasteiger partial charge on any atom is -0.493 e. The number of ether oxygens (including phenoxy) is 2. The molecule has 0 saturated carbocycles. The van der Waals surface area contributed by atoms with Crippen molar-refractivity contribution in [2.75, 3.05) is 18.9 Å². The molecule has 0 heterocycles. The highest BCUT2D eigenvalue weighted by Crippen LogP contribution is 2.34. The molecule has 2 rings (SSSR count). The van der Waals surface area contributed by atoms with E-state index >= 15 is 0 Å². The Morgan fingerprint density at radius 2 is 1.65 bits per heavy atom. The van der Waals surface area contributed by atoms with Gasteiger partial charge in [-0.15, -0.1) is 23.2 Å². The van der Waals surface area contributed by atoms with Crippen LogP contribution in [0.1, 0.15) is 37.3 Å². The maximum absolute atomic E-state index is 5.98. The number of aryl methyl sites for hydroxylation is 1. The van der Waals surface area contributed by atoms with Gasteiger partial charge in [-0.25, -0.2) is 0 Å². The summed E-state index contributed by atoms with van der Waals surface area (Å²) in [6.07, 6.45) is 5.55. The number of halogens is 3. The summed E-state index contributed by atoms with van der Waals surface area (Å²) in [7, 11) is 0. The summed E-state index contributed by atoms with van der Waals surface area (Å²) in [4.78, 5) is 0. The topological polar surface area (TPSA) is 18.5 Å². The molecule has 0 atom stereocenters. The Labute approximate surface area is 175 Å². The van der Waals surface area contributed by atoms with Gasteiger partial charge in [-0.3, -0.25) is 0 Å². The van der Waals surface area contributed by atoms with Gasteiger partial charge in [-0.05, 0) is 58.8 Å². The molecule has 2 aromatic rings. The van der Waals surface area contributed by atoms with Crippen molar-refractivity contribution in [2.24, 2.45) is 0 Å². The fourth-order valence-corrected chi connectivity index (χ4v) is 3.08. The van der Waals surface area contributed by atoms with Crippen LogP contribution in [0.5, 0.6) is 11.5 Å². The first-order chi connectivity index (χ1) is 12.7. The van der Waals surface area contributed by atoms with Gasteiger partial charge in [-0.2, -0.15) is 0 Å². The predicted molar refractivity (Wildman–Crippen MR) is 116 cm³/mol. The van der Waals surface area contributed by atoms with E-state index in [9.17, 15) is 0 Å². The number of alkyl halides is 2. The van der Waals surface area contributed by atoms with Crippen molar-refractivity contribution in [3.05, 3.63) is 58.1 Å². The Balaban J connectivity index is 0.00000163. The summed E-state index contributed by atoms with van der Waals surface area (Å²) in [5.74, 6) is 2.44. The van der Waals surface area contributed by atoms with Gasteiger partial charge in [0.1, 0.15) is 18.1 Å². The van der Waals surface area contributed by atoms with Crippen molar-refractivity contribution in [1.29, 1.82) is 0 Å². The van der Waals surface area contributed by atoms with Gasteiger partial charge in [0.15, 0.2) is 0 Å². The van der Waals surface area contributed by atoms with Gasteiger partial charge in [0.25, 0.3) is 0 Å². The fourth-order valence-electron chi connectivity index (χ4n) is 2.39. The molecule has 0 saturated heterocycles. The van der Waals surface area contributed by atoms with Crippen LogP contribution in [0, 0.1) is 0 Å².